The summed E-state index contributed by atoms with van der Waals surface area (Å²) < 4.78 is 0. The van der Waals surface area contributed by atoms with E-state index < -0.39 is 0 Å². The Bertz CT molecular complexity index is 326. The average molecular weight is 268 g/mol. The van der Waals surface area contributed by atoms with Gasteiger partial charge in [0.15, 0.2) is 0 Å². The number of amides is 2. The Balaban J connectivity index is 1.84. The fourth-order valence-electron chi connectivity index (χ4n) is 3.03. The number of carbonyl (C=O) groups is 1. The van der Waals surface area contributed by atoms with Crippen LogP contribution in [0.15, 0.2) is 0 Å². The minimum Gasteiger partial charge on any atom is -0.333 e. The Morgan fingerprint density at radius 1 is 1.42 bits per heavy atom. The van der Waals surface area contributed by atoms with Crippen LogP contribution in [0.4, 0.5) is 4.79 Å². The maximum Gasteiger partial charge on any atom is 0.317 e. The van der Waals surface area contributed by atoms with Crippen molar-refractivity contribution in [2.24, 2.45) is 11.7 Å². The first-order valence-electron chi connectivity index (χ1n) is 7.38. The molecule has 0 bridgehead atoms. The zero-order valence-corrected chi connectivity index (χ0v) is 12.5. The molecule has 2 unspecified atom stereocenters. The number of nitrogens with two attached hydrogens (primary N) is 1. The molecule has 2 fully saturated rings. The van der Waals surface area contributed by atoms with Crippen LogP contribution < -0.4 is 11.1 Å². The number of piperidine rings is 1. The summed E-state index contributed by atoms with van der Waals surface area (Å²) in [6.07, 6.45) is 3.31. The molecule has 5 nitrogen and oxygen atoms in total. The molecule has 19 heavy (non-hydrogen) atoms. The Morgan fingerprint density at radius 2 is 2.16 bits per heavy atom. The highest BCUT2D eigenvalue weighted by molar-refractivity contribution is 5.76. The lowest BCUT2D eigenvalue weighted by Crippen LogP contribution is -2.43. The van der Waals surface area contributed by atoms with Gasteiger partial charge >= 0.3 is 6.03 Å². The van der Waals surface area contributed by atoms with E-state index in [1.54, 1.807) is 0 Å². The van der Waals surface area contributed by atoms with E-state index in [1.165, 1.54) is 19.4 Å². The standard InChI is InChI=1S/C14H28N4O/c1-14(2,15)6-8-18-10-12(16-13(18)19)11-5-4-7-17(3)9-11/h11-12H,4-10,15H2,1-3H3,(H,16,19). The van der Waals surface area contributed by atoms with Crippen LogP contribution in [0.1, 0.15) is 33.1 Å². The van der Waals surface area contributed by atoms with E-state index in [4.69, 9.17) is 5.73 Å². The largest absolute Gasteiger partial charge is 0.333 e. The summed E-state index contributed by atoms with van der Waals surface area (Å²) in [4.78, 5) is 16.3. The van der Waals surface area contributed by atoms with Crippen LogP contribution in [-0.2, 0) is 0 Å². The predicted octanol–water partition coefficient (Wildman–Crippen LogP) is 0.849. The van der Waals surface area contributed by atoms with E-state index in [-0.39, 0.29) is 11.6 Å². The van der Waals surface area contributed by atoms with Gasteiger partial charge < -0.3 is 20.9 Å². The first kappa shape index (κ1) is 14.6. The summed E-state index contributed by atoms with van der Waals surface area (Å²) in [6, 6.07) is 0.401. The lowest BCUT2D eigenvalue weighted by Gasteiger charge is -2.33. The predicted molar refractivity (Wildman–Crippen MR) is 77.0 cm³/mol. The third-order valence-corrected chi connectivity index (χ3v) is 4.27. The molecule has 2 aliphatic heterocycles. The monoisotopic (exact) mass is 268 g/mol. The van der Waals surface area contributed by atoms with Crippen LogP contribution in [0.3, 0.4) is 0 Å². The van der Waals surface area contributed by atoms with Crippen molar-refractivity contribution >= 4 is 6.03 Å². The number of urea groups is 1. The summed E-state index contributed by atoms with van der Waals surface area (Å²) in [7, 11) is 2.16. The molecule has 5 heteroatoms. The van der Waals surface area contributed by atoms with Crippen LogP contribution in [0, 0.1) is 5.92 Å². The van der Waals surface area contributed by atoms with Crippen molar-refractivity contribution in [1.82, 2.24) is 15.1 Å². The molecule has 0 saturated carbocycles. The summed E-state index contributed by atoms with van der Waals surface area (Å²) in [5.74, 6) is 0.596. The lowest BCUT2D eigenvalue weighted by atomic mass is 9.91. The highest BCUT2D eigenvalue weighted by Crippen LogP contribution is 2.22. The Morgan fingerprint density at radius 3 is 2.79 bits per heavy atom. The molecule has 0 aromatic carbocycles. The van der Waals surface area contributed by atoms with Crippen LogP contribution in [0.25, 0.3) is 0 Å². The Hall–Kier alpha value is -0.810. The number of carbonyl (C=O) groups excluding carboxylic acids is 1. The third-order valence-electron chi connectivity index (χ3n) is 4.27. The highest BCUT2D eigenvalue weighted by atomic mass is 16.2. The number of hydrogen-bond donors (Lipinski definition) is 2. The smallest absolute Gasteiger partial charge is 0.317 e. The minimum absolute atomic E-state index is 0.0856. The summed E-state index contributed by atoms with van der Waals surface area (Å²) >= 11 is 0. The van der Waals surface area contributed by atoms with Crippen molar-refractivity contribution in [3.63, 3.8) is 0 Å². The molecule has 2 aliphatic rings. The molecular weight excluding hydrogens is 240 g/mol. The van der Waals surface area contributed by atoms with Gasteiger partial charge in [-0.3, -0.25) is 0 Å². The first-order chi connectivity index (χ1) is 8.85. The quantitative estimate of drug-likeness (QED) is 0.794. The second-order valence-corrected chi connectivity index (χ2v) is 6.91. The minimum atomic E-state index is -0.205. The fourth-order valence-corrected chi connectivity index (χ4v) is 3.03. The van der Waals surface area contributed by atoms with Crippen molar-refractivity contribution in [3.8, 4) is 0 Å². The maximum atomic E-state index is 12.0. The van der Waals surface area contributed by atoms with Gasteiger partial charge in [0, 0.05) is 25.2 Å². The van der Waals surface area contributed by atoms with Gasteiger partial charge in [-0.2, -0.15) is 0 Å². The number of nitrogens with zero attached hydrogens (tertiary/aromatic N) is 2. The zero-order chi connectivity index (χ0) is 14.0. The van der Waals surface area contributed by atoms with Gasteiger partial charge in [-0.05, 0) is 52.6 Å². The van der Waals surface area contributed by atoms with Gasteiger partial charge in [0.2, 0.25) is 0 Å². The molecule has 2 rings (SSSR count). The Labute approximate surface area is 116 Å². The van der Waals surface area contributed by atoms with Gasteiger partial charge in [0.25, 0.3) is 0 Å². The van der Waals surface area contributed by atoms with Crippen molar-refractivity contribution in [2.75, 3.05) is 33.2 Å². The van der Waals surface area contributed by atoms with E-state index in [0.29, 0.717) is 12.0 Å². The van der Waals surface area contributed by atoms with E-state index in [1.807, 2.05) is 18.7 Å². The number of hydrogen-bond acceptors (Lipinski definition) is 3. The fraction of sp³-hybridized carbons (Fsp3) is 0.929. The van der Waals surface area contributed by atoms with E-state index in [0.717, 1.165) is 26.1 Å². The highest BCUT2D eigenvalue weighted by Gasteiger charge is 2.35. The van der Waals surface area contributed by atoms with E-state index in [9.17, 15) is 4.79 Å². The van der Waals surface area contributed by atoms with Gasteiger partial charge in [0.05, 0.1) is 6.04 Å². The summed E-state index contributed by atoms with van der Waals surface area (Å²) in [5.41, 5.74) is 5.78. The number of rotatable bonds is 4. The van der Waals surface area contributed by atoms with Crippen LogP contribution in [0.2, 0.25) is 0 Å². The lowest BCUT2D eigenvalue weighted by molar-refractivity contribution is 0.179. The average Bonchev–Trinajstić information content (AvgIpc) is 2.67. The molecule has 110 valence electrons. The summed E-state index contributed by atoms with van der Waals surface area (Å²) in [5, 5.41) is 3.15. The number of likely N-dealkylation sites (tertiary alicyclic amines) is 1. The Kier molecular flexibility index (Phi) is 4.36. The van der Waals surface area contributed by atoms with Gasteiger partial charge in [-0.25, -0.2) is 4.79 Å². The van der Waals surface area contributed by atoms with E-state index in [2.05, 4.69) is 17.3 Å². The second kappa shape index (κ2) is 5.67. The normalized spacial score (nSPS) is 29.7. The zero-order valence-electron chi connectivity index (χ0n) is 12.5. The molecule has 0 spiro atoms. The molecule has 0 aliphatic carbocycles. The van der Waals surface area contributed by atoms with Crippen LogP contribution in [0.5, 0.6) is 0 Å². The molecule has 2 atom stereocenters. The second-order valence-electron chi connectivity index (χ2n) is 6.91. The topological polar surface area (TPSA) is 61.6 Å². The summed E-state index contributed by atoms with van der Waals surface area (Å²) in [6.45, 7) is 7.90. The van der Waals surface area contributed by atoms with Crippen molar-refractivity contribution in [2.45, 2.75) is 44.7 Å². The molecule has 0 aromatic heterocycles. The van der Waals surface area contributed by atoms with Crippen molar-refractivity contribution in [3.05, 3.63) is 0 Å². The third kappa shape index (κ3) is 4.08. The SMILES string of the molecule is CN1CCCC(C2CN(CCC(C)(C)N)C(=O)N2)C1. The van der Waals surface area contributed by atoms with E-state index >= 15 is 0 Å². The maximum absolute atomic E-state index is 12.0. The van der Waals surface area contributed by atoms with Gasteiger partial charge in [0.1, 0.15) is 0 Å². The molecule has 2 heterocycles. The molecule has 3 N–H and O–H groups in total. The van der Waals surface area contributed by atoms with Crippen LogP contribution >= 0.6 is 0 Å². The van der Waals surface area contributed by atoms with Crippen LogP contribution in [-0.4, -0.2) is 60.6 Å². The molecular formula is C14H28N4O. The van der Waals surface area contributed by atoms with Gasteiger partial charge in [-0.1, -0.05) is 0 Å². The molecule has 2 amide bonds. The number of nitrogens with one attached hydrogen (secondary N) is 1. The first-order valence-corrected chi connectivity index (χ1v) is 7.38. The molecule has 2 saturated heterocycles. The van der Waals surface area contributed by atoms with Crippen molar-refractivity contribution in [1.29, 1.82) is 0 Å². The van der Waals surface area contributed by atoms with Crippen molar-refractivity contribution < 1.29 is 4.79 Å². The molecule has 0 radical (unpaired) electrons. The van der Waals surface area contributed by atoms with Gasteiger partial charge in [-0.15, -0.1) is 0 Å². The molecule has 0 aromatic rings.